The number of nitrogens with zero attached hydrogens (tertiary/aromatic N) is 2. The maximum atomic E-state index is 12.5. The van der Waals surface area contributed by atoms with Crippen LogP contribution in [-0.2, 0) is 11.2 Å². The molecular weight excluding hydrogens is 378 g/mol. The second kappa shape index (κ2) is 8.34. The third-order valence-corrected chi connectivity index (χ3v) is 4.33. The monoisotopic (exact) mass is 395 g/mol. The van der Waals surface area contributed by atoms with Gasteiger partial charge in [0.1, 0.15) is 17.5 Å². The van der Waals surface area contributed by atoms with E-state index in [-0.39, 0.29) is 17.8 Å². The minimum Gasteiger partial charge on any atom is -0.496 e. The van der Waals surface area contributed by atoms with Gasteiger partial charge in [0.15, 0.2) is 0 Å². The maximum absolute atomic E-state index is 12.5. The second-order valence-corrected chi connectivity index (χ2v) is 6.21. The third-order valence-electron chi connectivity index (χ3n) is 4.33. The number of rotatable bonds is 7. The number of fused-ring (bicyclic) bond motifs is 1. The van der Waals surface area contributed by atoms with Crippen molar-refractivity contribution in [2.24, 2.45) is 0 Å². The molecule has 0 fully saturated rings. The van der Waals surface area contributed by atoms with E-state index in [0.29, 0.717) is 16.8 Å². The van der Waals surface area contributed by atoms with Crippen molar-refractivity contribution in [2.75, 3.05) is 7.11 Å². The Morgan fingerprint density at radius 3 is 2.66 bits per heavy atom. The molecule has 0 saturated heterocycles. The summed E-state index contributed by atoms with van der Waals surface area (Å²) >= 11 is 0. The number of nitro benzene ring substituents is 1. The molecule has 2 aromatic carbocycles. The van der Waals surface area contributed by atoms with Gasteiger partial charge in [0.2, 0.25) is 0 Å². The van der Waals surface area contributed by atoms with Gasteiger partial charge in [0.25, 0.3) is 11.6 Å². The zero-order chi connectivity index (χ0) is 21.0. The van der Waals surface area contributed by atoms with Gasteiger partial charge in [-0.2, -0.15) is 0 Å². The van der Waals surface area contributed by atoms with E-state index in [2.05, 4.69) is 10.3 Å². The Balaban J connectivity index is 1.84. The van der Waals surface area contributed by atoms with Crippen LogP contribution in [0.2, 0.25) is 0 Å². The van der Waals surface area contributed by atoms with Gasteiger partial charge in [0, 0.05) is 29.5 Å². The molecule has 0 saturated carbocycles. The van der Waals surface area contributed by atoms with Crippen molar-refractivity contribution in [3.05, 3.63) is 76.0 Å². The van der Waals surface area contributed by atoms with Crippen molar-refractivity contribution in [3.8, 4) is 5.75 Å². The summed E-state index contributed by atoms with van der Waals surface area (Å²) in [7, 11) is 1.37. The molecule has 2 N–H and O–H groups in total. The van der Waals surface area contributed by atoms with E-state index < -0.39 is 22.8 Å². The first-order chi connectivity index (χ1) is 13.9. The van der Waals surface area contributed by atoms with Crippen LogP contribution in [0, 0.1) is 10.1 Å². The fourth-order valence-electron chi connectivity index (χ4n) is 2.88. The Hall–Kier alpha value is -4.01. The molecule has 0 radical (unpaired) electrons. The first-order valence-electron chi connectivity index (χ1n) is 8.60. The number of carboxylic acid groups (broad SMARTS) is 1. The Bertz CT molecular complexity index is 1100. The molecule has 29 heavy (non-hydrogen) atoms. The van der Waals surface area contributed by atoms with Crippen LogP contribution >= 0.6 is 0 Å². The molecule has 1 atom stereocenters. The largest absolute Gasteiger partial charge is 0.496 e. The number of hydrogen-bond donors (Lipinski definition) is 2. The molecule has 3 rings (SSSR count). The number of amides is 1. The zero-order valence-corrected chi connectivity index (χ0v) is 15.4. The van der Waals surface area contributed by atoms with Gasteiger partial charge in [-0.25, -0.2) is 9.78 Å². The van der Waals surface area contributed by atoms with E-state index in [1.165, 1.54) is 31.4 Å². The van der Waals surface area contributed by atoms with Gasteiger partial charge in [-0.15, -0.1) is 0 Å². The van der Waals surface area contributed by atoms with Crippen LogP contribution in [0.3, 0.4) is 0 Å². The Labute approximate surface area is 165 Å². The molecule has 0 aliphatic carbocycles. The summed E-state index contributed by atoms with van der Waals surface area (Å²) in [6.07, 6.45) is -0.195. The molecule has 148 valence electrons. The van der Waals surface area contributed by atoms with E-state index >= 15 is 0 Å². The summed E-state index contributed by atoms with van der Waals surface area (Å²) in [5, 5.41) is 23.8. The van der Waals surface area contributed by atoms with Crippen molar-refractivity contribution < 1.29 is 24.4 Å². The lowest BCUT2D eigenvalue weighted by molar-refractivity contribution is -0.384. The first-order valence-corrected chi connectivity index (χ1v) is 8.60. The minimum atomic E-state index is -1.33. The van der Waals surface area contributed by atoms with E-state index in [4.69, 9.17) is 4.74 Å². The van der Waals surface area contributed by atoms with Crippen molar-refractivity contribution in [1.82, 2.24) is 10.3 Å². The standard InChI is InChI=1S/C20H17N3O6/c1-29-18-9-7-14(23(27)28)10-13(18)11-17(20(25)26)22-19(24)16-8-6-12-4-2-3-5-15(12)21-16/h2-10,17H,11H2,1H3,(H,22,24)(H,25,26)/t17-/m1/s1. The number of hydrogen-bond acceptors (Lipinski definition) is 6. The Morgan fingerprint density at radius 2 is 1.97 bits per heavy atom. The summed E-state index contributed by atoms with van der Waals surface area (Å²) in [5.41, 5.74) is 0.765. The highest BCUT2D eigenvalue weighted by atomic mass is 16.6. The van der Waals surface area contributed by atoms with E-state index in [9.17, 15) is 24.8 Å². The van der Waals surface area contributed by atoms with Crippen LogP contribution in [0.25, 0.3) is 10.9 Å². The maximum Gasteiger partial charge on any atom is 0.326 e. The number of nitro groups is 1. The number of benzene rings is 2. The molecule has 1 heterocycles. The second-order valence-electron chi connectivity index (χ2n) is 6.21. The van der Waals surface area contributed by atoms with Crippen LogP contribution in [0.1, 0.15) is 16.1 Å². The SMILES string of the molecule is COc1ccc([N+](=O)[O-])cc1C[C@@H](NC(=O)c1ccc2ccccc2n1)C(=O)O. The number of carbonyl (C=O) groups excluding carboxylic acids is 1. The Kier molecular flexibility index (Phi) is 5.68. The van der Waals surface area contributed by atoms with Gasteiger partial charge in [-0.3, -0.25) is 14.9 Å². The number of aromatic nitrogens is 1. The predicted octanol–water partition coefficient (Wildman–Crippen LogP) is 2.58. The fourth-order valence-corrected chi connectivity index (χ4v) is 2.88. The highest BCUT2D eigenvalue weighted by Gasteiger charge is 2.24. The molecule has 0 bridgehead atoms. The lowest BCUT2D eigenvalue weighted by atomic mass is 10.0. The molecule has 0 aliphatic heterocycles. The number of pyridine rings is 1. The average Bonchev–Trinajstić information content (AvgIpc) is 2.72. The summed E-state index contributed by atoms with van der Waals surface area (Å²) < 4.78 is 5.16. The Morgan fingerprint density at radius 1 is 1.21 bits per heavy atom. The molecule has 0 aliphatic rings. The first kappa shape index (κ1) is 19.7. The van der Waals surface area contributed by atoms with E-state index in [1.54, 1.807) is 18.2 Å². The topological polar surface area (TPSA) is 132 Å². The molecule has 3 aromatic rings. The normalized spacial score (nSPS) is 11.6. The predicted molar refractivity (Wildman–Crippen MR) is 104 cm³/mol. The number of carboxylic acids is 1. The van der Waals surface area contributed by atoms with Gasteiger partial charge in [-0.1, -0.05) is 24.3 Å². The quantitative estimate of drug-likeness (QED) is 0.464. The molecule has 9 heteroatoms. The minimum absolute atomic E-state index is 0.0703. The highest BCUT2D eigenvalue weighted by Crippen LogP contribution is 2.25. The lowest BCUT2D eigenvalue weighted by Gasteiger charge is -2.16. The van der Waals surface area contributed by atoms with Gasteiger partial charge < -0.3 is 15.2 Å². The van der Waals surface area contributed by atoms with Crippen LogP contribution in [0.5, 0.6) is 5.75 Å². The molecular formula is C20H17N3O6. The number of nitrogens with one attached hydrogen (secondary N) is 1. The third kappa shape index (κ3) is 4.46. The van der Waals surface area contributed by atoms with Crippen molar-refractivity contribution in [2.45, 2.75) is 12.5 Å². The summed E-state index contributed by atoms with van der Waals surface area (Å²) in [6, 6.07) is 13.0. The van der Waals surface area contributed by atoms with Gasteiger partial charge in [-0.05, 0) is 18.2 Å². The summed E-state index contributed by atoms with van der Waals surface area (Å²) in [4.78, 5) is 38.9. The number of methoxy groups -OCH3 is 1. The number of para-hydroxylation sites is 1. The summed E-state index contributed by atoms with van der Waals surface area (Å²) in [5.74, 6) is -1.65. The van der Waals surface area contributed by atoms with Crippen LogP contribution in [-0.4, -0.2) is 40.0 Å². The van der Waals surface area contributed by atoms with Gasteiger partial charge in [0.05, 0.1) is 17.5 Å². The molecule has 1 aromatic heterocycles. The fraction of sp³-hybridized carbons (Fsp3) is 0.150. The molecule has 0 unspecified atom stereocenters. The van der Waals surface area contributed by atoms with E-state index in [0.717, 1.165) is 5.39 Å². The van der Waals surface area contributed by atoms with Crippen molar-refractivity contribution >= 4 is 28.5 Å². The van der Waals surface area contributed by atoms with Crippen molar-refractivity contribution in [1.29, 1.82) is 0 Å². The van der Waals surface area contributed by atoms with Crippen LogP contribution in [0.4, 0.5) is 5.69 Å². The zero-order valence-electron chi connectivity index (χ0n) is 15.4. The molecule has 0 spiro atoms. The summed E-state index contributed by atoms with van der Waals surface area (Å²) in [6.45, 7) is 0. The van der Waals surface area contributed by atoms with E-state index in [1.807, 2.05) is 12.1 Å². The number of aliphatic carboxylic acids is 1. The highest BCUT2D eigenvalue weighted by molar-refractivity contribution is 5.97. The number of carbonyl (C=O) groups is 2. The van der Waals surface area contributed by atoms with Crippen LogP contribution < -0.4 is 10.1 Å². The van der Waals surface area contributed by atoms with Crippen LogP contribution in [0.15, 0.2) is 54.6 Å². The van der Waals surface area contributed by atoms with Crippen molar-refractivity contribution in [3.63, 3.8) is 0 Å². The van der Waals surface area contributed by atoms with Gasteiger partial charge >= 0.3 is 5.97 Å². The smallest absolute Gasteiger partial charge is 0.326 e. The molecule has 1 amide bonds. The molecule has 9 nitrogen and oxygen atoms in total. The average molecular weight is 395 g/mol. The number of ether oxygens (including phenoxy) is 1. The lowest BCUT2D eigenvalue weighted by Crippen LogP contribution is -2.42. The number of non-ortho nitro benzene ring substituents is 1.